The van der Waals surface area contributed by atoms with E-state index >= 15 is 0 Å². The van der Waals surface area contributed by atoms with Gasteiger partial charge in [0.2, 0.25) is 0 Å². The van der Waals surface area contributed by atoms with Gasteiger partial charge in [0.25, 0.3) is 0 Å². The van der Waals surface area contributed by atoms with E-state index in [0.29, 0.717) is 12.0 Å². The van der Waals surface area contributed by atoms with Gasteiger partial charge in [-0.25, -0.2) is 4.79 Å². The fourth-order valence-electron chi connectivity index (χ4n) is 5.23. The van der Waals surface area contributed by atoms with E-state index in [-0.39, 0.29) is 11.9 Å². The highest BCUT2D eigenvalue weighted by Crippen LogP contribution is 2.41. The molecule has 184 valence electrons. The Labute approximate surface area is 208 Å². The van der Waals surface area contributed by atoms with Gasteiger partial charge in [0.05, 0.1) is 18.8 Å². The van der Waals surface area contributed by atoms with Crippen molar-refractivity contribution in [2.45, 2.75) is 37.4 Å². The summed E-state index contributed by atoms with van der Waals surface area (Å²) in [5.74, 6) is -0.233. The largest absolute Gasteiger partial charge is 0.465 e. The first kappa shape index (κ1) is 25.1. The molecule has 0 spiro atoms. The second kappa shape index (κ2) is 11.6. The van der Waals surface area contributed by atoms with Crippen molar-refractivity contribution in [2.24, 2.45) is 5.92 Å². The summed E-state index contributed by atoms with van der Waals surface area (Å²) in [7, 11) is 1.36. The van der Waals surface area contributed by atoms with E-state index in [2.05, 4.69) is 4.90 Å². The summed E-state index contributed by atoms with van der Waals surface area (Å²) in [4.78, 5) is 14.0. The molecule has 5 nitrogen and oxygen atoms in total. The molecule has 3 aromatic rings. The molecule has 1 atom stereocenters. The van der Waals surface area contributed by atoms with Crippen molar-refractivity contribution in [1.29, 1.82) is 0 Å². The topological polar surface area (TPSA) is 70.0 Å². The number of nitrogens with zero attached hydrogens (tertiary/aromatic N) is 1. The third-order valence-electron chi connectivity index (χ3n) is 7.27. The lowest BCUT2D eigenvalue weighted by Gasteiger charge is -2.42. The SMILES string of the molecule is COC(=O)c1ccc([C@@H](O)CCCN2CCC(C(O)(c3ccccc3)c3ccccc3)CC2)cc1. The van der Waals surface area contributed by atoms with Gasteiger partial charge in [-0.15, -0.1) is 0 Å². The first-order valence-corrected chi connectivity index (χ1v) is 12.4. The Morgan fingerprint density at radius 1 is 0.943 bits per heavy atom. The Balaban J connectivity index is 1.31. The van der Waals surface area contributed by atoms with Crippen LogP contribution >= 0.6 is 0 Å². The normalized spacial score (nSPS) is 16.1. The molecule has 0 radical (unpaired) electrons. The van der Waals surface area contributed by atoms with Crippen LogP contribution in [0.25, 0.3) is 0 Å². The molecule has 5 heteroatoms. The van der Waals surface area contributed by atoms with Crippen molar-refractivity contribution >= 4 is 5.97 Å². The fourth-order valence-corrected chi connectivity index (χ4v) is 5.23. The molecule has 3 aromatic carbocycles. The number of carbonyl (C=O) groups excluding carboxylic acids is 1. The van der Waals surface area contributed by atoms with E-state index in [0.717, 1.165) is 55.6 Å². The molecule has 0 unspecified atom stereocenters. The zero-order chi connectivity index (χ0) is 24.7. The summed E-state index contributed by atoms with van der Waals surface area (Å²) < 4.78 is 4.72. The molecule has 0 saturated carbocycles. The van der Waals surface area contributed by atoms with Crippen LogP contribution in [0.15, 0.2) is 84.9 Å². The minimum absolute atomic E-state index is 0.141. The predicted molar refractivity (Wildman–Crippen MR) is 137 cm³/mol. The van der Waals surface area contributed by atoms with Gasteiger partial charge in [-0.1, -0.05) is 72.8 Å². The summed E-state index contributed by atoms with van der Waals surface area (Å²) in [5.41, 5.74) is 2.20. The van der Waals surface area contributed by atoms with Crippen molar-refractivity contribution in [3.63, 3.8) is 0 Å². The lowest BCUT2D eigenvalue weighted by molar-refractivity contribution is -0.0146. The van der Waals surface area contributed by atoms with Gasteiger partial charge in [-0.2, -0.15) is 0 Å². The number of piperidine rings is 1. The second-order valence-corrected chi connectivity index (χ2v) is 9.39. The van der Waals surface area contributed by atoms with Crippen molar-refractivity contribution in [3.05, 3.63) is 107 Å². The van der Waals surface area contributed by atoms with Gasteiger partial charge < -0.3 is 19.8 Å². The van der Waals surface area contributed by atoms with E-state index in [4.69, 9.17) is 4.74 Å². The molecular weight excluding hydrogens is 438 g/mol. The number of ether oxygens (including phenoxy) is 1. The molecule has 1 fully saturated rings. The molecule has 2 N–H and O–H groups in total. The summed E-state index contributed by atoms with van der Waals surface area (Å²) in [6.07, 6.45) is 2.82. The number of hydrogen-bond donors (Lipinski definition) is 2. The molecule has 1 aliphatic rings. The highest BCUT2D eigenvalue weighted by molar-refractivity contribution is 5.89. The van der Waals surface area contributed by atoms with Crippen molar-refractivity contribution in [3.8, 4) is 0 Å². The Bertz CT molecular complexity index is 1020. The molecule has 4 rings (SSSR count). The first-order valence-electron chi connectivity index (χ1n) is 12.4. The molecule has 0 aliphatic carbocycles. The van der Waals surface area contributed by atoms with Crippen LogP contribution in [0, 0.1) is 5.92 Å². The number of benzene rings is 3. The van der Waals surface area contributed by atoms with Crippen LogP contribution in [0.2, 0.25) is 0 Å². The van der Waals surface area contributed by atoms with Gasteiger partial charge in [0.1, 0.15) is 5.60 Å². The lowest BCUT2D eigenvalue weighted by atomic mass is 9.72. The van der Waals surface area contributed by atoms with E-state index in [9.17, 15) is 15.0 Å². The number of aliphatic hydroxyl groups excluding tert-OH is 1. The zero-order valence-electron chi connectivity index (χ0n) is 20.3. The van der Waals surface area contributed by atoms with E-state index in [1.807, 2.05) is 60.7 Å². The second-order valence-electron chi connectivity index (χ2n) is 9.39. The van der Waals surface area contributed by atoms with Crippen molar-refractivity contribution in [1.82, 2.24) is 4.90 Å². The maximum Gasteiger partial charge on any atom is 0.337 e. The smallest absolute Gasteiger partial charge is 0.337 e. The van der Waals surface area contributed by atoms with Crippen LogP contribution in [-0.4, -0.2) is 47.8 Å². The third-order valence-corrected chi connectivity index (χ3v) is 7.27. The number of carbonyl (C=O) groups is 1. The number of esters is 1. The molecule has 1 aliphatic heterocycles. The van der Waals surface area contributed by atoms with Gasteiger partial charge in [0, 0.05) is 0 Å². The van der Waals surface area contributed by atoms with Crippen LogP contribution in [0.1, 0.15) is 58.8 Å². The molecule has 0 aromatic heterocycles. The minimum Gasteiger partial charge on any atom is -0.465 e. The molecular formula is C30H35NO4. The average molecular weight is 474 g/mol. The van der Waals surface area contributed by atoms with Gasteiger partial charge in [-0.05, 0) is 80.1 Å². The quantitative estimate of drug-likeness (QED) is 0.431. The van der Waals surface area contributed by atoms with E-state index in [1.54, 1.807) is 24.3 Å². The van der Waals surface area contributed by atoms with E-state index in [1.165, 1.54) is 7.11 Å². The van der Waals surface area contributed by atoms with Gasteiger partial charge in [0.15, 0.2) is 0 Å². The van der Waals surface area contributed by atoms with Crippen molar-refractivity contribution < 1.29 is 19.7 Å². The first-order chi connectivity index (χ1) is 17.0. The Kier molecular flexibility index (Phi) is 8.34. The Hall–Kier alpha value is -2.99. The van der Waals surface area contributed by atoms with Crippen LogP contribution in [0.5, 0.6) is 0 Å². The molecule has 0 amide bonds. The minimum atomic E-state index is -0.999. The Morgan fingerprint density at radius 2 is 1.49 bits per heavy atom. The maximum absolute atomic E-state index is 12.0. The van der Waals surface area contributed by atoms with Crippen LogP contribution in [0.3, 0.4) is 0 Å². The number of methoxy groups -OCH3 is 1. The standard InChI is InChI=1S/C30H35NO4/c1-35-29(33)24-16-14-23(15-17-24)28(32)13-8-20-31-21-18-27(19-22-31)30(34,25-9-4-2-5-10-25)26-11-6-3-7-12-26/h2-7,9-12,14-17,27-28,32,34H,8,13,18-22H2,1H3/t28-/m0/s1. The number of likely N-dealkylation sites (tertiary alicyclic amines) is 1. The highest BCUT2D eigenvalue weighted by atomic mass is 16.5. The lowest BCUT2D eigenvalue weighted by Crippen LogP contribution is -2.44. The monoisotopic (exact) mass is 473 g/mol. The molecule has 35 heavy (non-hydrogen) atoms. The molecule has 1 heterocycles. The molecule has 1 saturated heterocycles. The van der Waals surface area contributed by atoms with E-state index < -0.39 is 11.7 Å². The summed E-state index contributed by atoms with van der Waals surface area (Å²) in [5, 5.41) is 22.6. The number of hydrogen-bond acceptors (Lipinski definition) is 5. The van der Waals surface area contributed by atoms with Gasteiger partial charge >= 0.3 is 5.97 Å². The summed E-state index contributed by atoms with van der Waals surface area (Å²) >= 11 is 0. The Morgan fingerprint density at radius 3 is 2.00 bits per heavy atom. The number of rotatable bonds is 9. The fraction of sp³-hybridized carbons (Fsp3) is 0.367. The summed E-state index contributed by atoms with van der Waals surface area (Å²) in [6.45, 7) is 2.77. The zero-order valence-corrected chi connectivity index (χ0v) is 20.3. The van der Waals surface area contributed by atoms with Crippen LogP contribution in [0.4, 0.5) is 0 Å². The van der Waals surface area contributed by atoms with Gasteiger partial charge in [-0.3, -0.25) is 0 Å². The third kappa shape index (κ3) is 5.81. The number of aliphatic hydroxyl groups is 2. The highest BCUT2D eigenvalue weighted by Gasteiger charge is 2.41. The maximum atomic E-state index is 12.0. The van der Waals surface area contributed by atoms with Crippen LogP contribution in [-0.2, 0) is 10.3 Å². The van der Waals surface area contributed by atoms with Crippen molar-refractivity contribution in [2.75, 3.05) is 26.7 Å². The molecule has 0 bridgehead atoms. The predicted octanol–water partition coefficient (Wildman–Crippen LogP) is 4.93. The van der Waals surface area contributed by atoms with Crippen LogP contribution < -0.4 is 0 Å². The summed E-state index contributed by atoms with van der Waals surface area (Å²) in [6, 6.07) is 27.0. The average Bonchev–Trinajstić information content (AvgIpc) is 2.93.